The second-order valence-electron chi connectivity index (χ2n) is 11.6. The van der Waals surface area contributed by atoms with Crippen LogP contribution in [0, 0.1) is 22.7 Å². The fourth-order valence-electron chi connectivity index (χ4n) is 5.72. The maximum absolute atomic E-state index is 11.8. The number of hydrogen-bond acceptors (Lipinski definition) is 9. The van der Waals surface area contributed by atoms with Gasteiger partial charge in [-0.15, -0.1) is 0 Å². The molecule has 1 saturated heterocycles. The Hall–Kier alpha value is -2.77. The first-order chi connectivity index (χ1) is 20.3. The number of halogens is 1. The van der Waals surface area contributed by atoms with Gasteiger partial charge in [-0.25, -0.2) is 9.78 Å². The summed E-state index contributed by atoms with van der Waals surface area (Å²) in [5, 5.41) is 17.4. The molecule has 0 unspecified atom stereocenters. The van der Waals surface area contributed by atoms with Crippen molar-refractivity contribution in [1.82, 2.24) is 15.3 Å². The molecule has 2 atom stereocenters. The Bertz CT molecular complexity index is 1210. The van der Waals surface area contributed by atoms with E-state index in [4.69, 9.17) is 30.8 Å². The normalized spacial score (nSPS) is 21.6. The number of carbonyl (C=O) groups is 1. The van der Waals surface area contributed by atoms with Gasteiger partial charge in [0.1, 0.15) is 5.82 Å². The first-order valence-corrected chi connectivity index (χ1v) is 15.6. The Kier molecular flexibility index (Phi) is 12.0. The number of aromatic nitrogens is 2. The predicted octanol–water partition coefficient (Wildman–Crippen LogP) is 5.58. The zero-order chi connectivity index (χ0) is 30.0. The molecule has 0 amide bonds. The standard InChI is InChI=1S/C32H44ClN5O4/c1-4-41-31(39)23(3)42-19-22(2)37-25-10-8-24(9-11-25)16-26-17-27(28(33)18-35-26)29-6-5-7-30(38-29)36-21-32(20-34)12-14-40-15-13-32/h5-7,17-18,22-25,37H,4,8-16,19,21H2,1-3H3,(H,36,38)/t22-,23-,24?,25?/m0/s1. The lowest BCUT2D eigenvalue weighted by Crippen LogP contribution is -2.42. The van der Waals surface area contributed by atoms with Gasteiger partial charge in [0.25, 0.3) is 0 Å². The molecule has 2 aromatic rings. The molecular formula is C32H44ClN5O4. The number of pyridine rings is 2. The Labute approximate surface area is 254 Å². The fraction of sp³-hybridized carbons (Fsp3) is 0.625. The third-order valence-electron chi connectivity index (χ3n) is 8.31. The number of nitrogens with zero attached hydrogens (tertiary/aromatic N) is 3. The Morgan fingerprint density at radius 3 is 2.71 bits per heavy atom. The summed E-state index contributed by atoms with van der Waals surface area (Å²) < 4.78 is 16.2. The molecule has 2 aromatic heterocycles. The van der Waals surface area contributed by atoms with Crippen LogP contribution in [0.4, 0.5) is 5.82 Å². The van der Waals surface area contributed by atoms with E-state index < -0.39 is 11.5 Å². The summed E-state index contributed by atoms with van der Waals surface area (Å²) in [5.41, 5.74) is 2.24. The first kappa shape index (κ1) is 32.2. The van der Waals surface area contributed by atoms with E-state index in [1.165, 1.54) is 0 Å². The second-order valence-corrected chi connectivity index (χ2v) is 12.0. The van der Waals surface area contributed by atoms with E-state index in [0.29, 0.717) is 50.0 Å². The van der Waals surface area contributed by atoms with E-state index in [9.17, 15) is 10.1 Å². The minimum absolute atomic E-state index is 0.156. The smallest absolute Gasteiger partial charge is 0.334 e. The van der Waals surface area contributed by atoms with E-state index in [1.54, 1.807) is 20.0 Å². The van der Waals surface area contributed by atoms with Gasteiger partial charge in [-0.1, -0.05) is 17.7 Å². The van der Waals surface area contributed by atoms with Crippen LogP contribution in [-0.2, 0) is 25.4 Å². The molecule has 10 heteroatoms. The van der Waals surface area contributed by atoms with Gasteiger partial charge in [0, 0.05) is 49.3 Å². The topological polar surface area (TPSA) is 118 Å². The number of rotatable bonds is 13. The first-order valence-electron chi connectivity index (χ1n) is 15.2. The summed E-state index contributed by atoms with van der Waals surface area (Å²) >= 11 is 6.59. The lowest BCUT2D eigenvalue weighted by molar-refractivity contribution is -0.155. The zero-order valence-electron chi connectivity index (χ0n) is 25.0. The summed E-state index contributed by atoms with van der Waals surface area (Å²) in [6, 6.07) is 11.0. The fourth-order valence-corrected chi connectivity index (χ4v) is 5.92. The van der Waals surface area contributed by atoms with Gasteiger partial charge < -0.3 is 24.8 Å². The largest absolute Gasteiger partial charge is 0.464 e. The maximum atomic E-state index is 11.8. The van der Waals surface area contributed by atoms with Crippen LogP contribution in [-0.4, -0.2) is 67.1 Å². The van der Waals surface area contributed by atoms with E-state index in [-0.39, 0.29) is 12.0 Å². The monoisotopic (exact) mass is 597 g/mol. The van der Waals surface area contributed by atoms with Gasteiger partial charge in [-0.3, -0.25) is 4.98 Å². The second kappa shape index (κ2) is 15.6. The van der Waals surface area contributed by atoms with Gasteiger partial charge in [-0.05, 0) is 89.8 Å². The number of anilines is 1. The molecule has 4 rings (SSSR count). The van der Waals surface area contributed by atoms with Gasteiger partial charge in [0.15, 0.2) is 6.10 Å². The van der Waals surface area contributed by atoms with Crippen molar-refractivity contribution in [2.24, 2.45) is 11.3 Å². The highest BCUT2D eigenvalue weighted by molar-refractivity contribution is 6.33. The molecule has 1 aliphatic carbocycles. The molecule has 228 valence electrons. The highest BCUT2D eigenvalue weighted by Gasteiger charge is 2.32. The molecule has 2 fully saturated rings. The number of carbonyl (C=O) groups excluding carboxylic acids is 1. The molecule has 1 aliphatic heterocycles. The van der Waals surface area contributed by atoms with Crippen molar-refractivity contribution in [3.8, 4) is 17.3 Å². The van der Waals surface area contributed by atoms with Gasteiger partial charge >= 0.3 is 5.97 Å². The third-order valence-corrected chi connectivity index (χ3v) is 8.61. The Morgan fingerprint density at radius 1 is 1.24 bits per heavy atom. The number of hydrogen-bond donors (Lipinski definition) is 2. The molecule has 42 heavy (non-hydrogen) atoms. The SMILES string of the molecule is CCOC(=O)[C@H](C)OC[C@H](C)NC1CCC(Cc2cc(-c3cccc(NCC4(C#N)CCOCC4)n3)c(Cl)cn2)CC1. The predicted molar refractivity (Wildman–Crippen MR) is 163 cm³/mol. The molecular weight excluding hydrogens is 554 g/mol. The van der Waals surface area contributed by atoms with Crippen LogP contribution in [0.5, 0.6) is 0 Å². The van der Waals surface area contributed by atoms with Crippen LogP contribution < -0.4 is 10.6 Å². The summed E-state index contributed by atoms with van der Waals surface area (Å²) in [7, 11) is 0. The van der Waals surface area contributed by atoms with Crippen LogP contribution in [0.3, 0.4) is 0 Å². The van der Waals surface area contributed by atoms with Gasteiger partial charge in [-0.2, -0.15) is 5.26 Å². The molecule has 3 heterocycles. The minimum atomic E-state index is -0.552. The summed E-state index contributed by atoms with van der Waals surface area (Å²) in [4.78, 5) is 21.2. The van der Waals surface area contributed by atoms with Gasteiger partial charge in [0.2, 0.25) is 0 Å². The van der Waals surface area contributed by atoms with Crippen LogP contribution in [0.2, 0.25) is 5.02 Å². The van der Waals surface area contributed by atoms with E-state index in [1.807, 2.05) is 18.2 Å². The lowest BCUT2D eigenvalue weighted by Gasteiger charge is -2.31. The van der Waals surface area contributed by atoms with Crippen LogP contribution in [0.1, 0.15) is 65.0 Å². The summed E-state index contributed by atoms with van der Waals surface area (Å²) in [6.45, 7) is 8.21. The van der Waals surface area contributed by atoms with Crippen LogP contribution >= 0.6 is 11.6 Å². The van der Waals surface area contributed by atoms with Crippen molar-refractivity contribution in [2.45, 2.75) is 83.9 Å². The van der Waals surface area contributed by atoms with Crippen molar-refractivity contribution in [3.05, 3.63) is 41.2 Å². The van der Waals surface area contributed by atoms with Crippen molar-refractivity contribution in [1.29, 1.82) is 5.26 Å². The quantitative estimate of drug-likeness (QED) is 0.285. The average molecular weight is 598 g/mol. The zero-order valence-corrected chi connectivity index (χ0v) is 25.8. The molecule has 0 spiro atoms. The highest BCUT2D eigenvalue weighted by Crippen LogP contribution is 2.33. The summed E-state index contributed by atoms with van der Waals surface area (Å²) in [5.74, 6) is 0.967. The number of nitriles is 1. The highest BCUT2D eigenvalue weighted by atomic mass is 35.5. The molecule has 0 bridgehead atoms. The Morgan fingerprint density at radius 2 is 2.00 bits per heavy atom. The van der Waals surface area contributed by atoms with E-state index in [0.717, 1.165) is 67.7 Å². The van der Waals surface area contributed by atoms with Crippen molar-refractivity contribution >= 4 is 23.4 Å². The van der Waals surface area contributed by atoms with Crippen LogP contribution in [0.15, 0.2) is 30.5 Å². The third kappa shape index (κ3) is 9.11. The molecule has 9 nitrogen and oxygen atoms in total. The maximum Gasteiger partial charge on any atom is 0.334 e. The average Bonchev–Trinajstić information content (AvgIpc) is 3.01. The van der Waals surface area contributed by atoms with Crippen molar-refractivity contribution < 1.29 is 19.0 Å². The van der Waals surface area contributed by atoms with E-state index in [2.05, 4.69) is 34.7 Å². The molecule has 0 radical (unpaired) electrons. The van der Waals surface area contributed by atoms with Crippen molar-refractivity contribution in [3.63, 3.8) is 0 Å². The van der Waals surface area contributed by atoms with Crippen LogP contribution in [0.25, 0.3) is 11.3 Å². The van der Waals surface area contributed by atoms with E-state index >= 15 is 0 Å². The minimum Gasteiger partial charge on any atom is -0.464 e. The number of esters is 1. The molecule has 2 aliphatic rings. The number of ether oxygens (including phenoxy) is 3. The molecule has 0 aromatic carbocycles. The lowest BCUT2D eigenvalue weighted by atomic mass is 9.82. The Balaban J connectivity index is 1.28. The van der Waals surface area contributed by atoms with Gasteiger partial charge in [0.05, 0.1) is 35.4 Å². The summed E-state index contributed by atoms with van der Waals surface area (Å²) in [6.07, 6.45) is 7.94. The van der Waals surface area contributed by atoms with Crippen molar-refractivity contribution in [2.75, 3.05) is 38.3 Å². The number of nitrogens with one attached hydrogen (secondary N) is 2. The molecule has 1 saturated carbocycles. The molecule has 2 N–H and O–H groups in total.